The summed E-state index contributed by atoms with van der Waals surface area (Å²) >= 11 is 0. The molecule has 2 N–H and O–H groups in total. The van der Waals surface area contributed by atoms with Gasteiger partial charge in [-0.25, -0.2) is 0 Å². The number of benzene rings is 2. The molecule has 3 rings (SSSR count). The Morgan fingerprint density at radius 2 is 1.60 bits per heavy atom. The monoisotopic (exact) mass is 334 g/mol. The van der Waals surface area contributed by atoms with E-state index in [2.05, 4.69) is 10.6 Å². The molecule has 0 atom stereocenters. The van der Waals surface area contributed by atoms with E-state index < -0.39 is 0 Å². The van der Waals surface area contributed by atoms with E-state index in [1.165, 1.54) is 18.9 Å². The van der Waals surface area contributed by atoms with Gasteiger partial charge >= 0.3 is 0 Å². The van der Waals surface area contributed by atoms with Crippen molar-refractivity contribution < 1.29 is 9.59 Å². The van der Waals surface area contributed by atoms with Crippen molar-refractivity contribution in [1.29, 1.82) is 0 Å². The first-order valence-electron chi connectivity index (χ1n) is 8.66. The van der Waals surface area contributed by atoms with Crippen molar-refractivity contribution in [2.45, 2.75) is 31.7 Å². The minimum Gasteiger partial charge on any atom is -0.349 e. The van der Waals surface area contributed by atoms with Crippen molar-refractivity contribution in [2.24, 2.45) is 0 Å². The van der Waals surface area contributed by atoms with E-state index in [9.17, 15) is 9.59 Å². The second kappa shape index (κ2) is 8.29. The molecular weight excluding hydrogens is 312 g/mol. The van der Waals surface area contributed by atoms with Gasteiger partial charge in [0.15, 0.2) is 0 Å². The highest BCUT2D eigenvalue weighted by molar-refractivity contribution is 6.02. The minimum atomic E-state index is -0.202. The summed E-state index contributed by atoms with van der Waals surface area (Å²) in [7, 11) is 0. The third-order valence-corrected chi connectivity index (χ3v) is 4.33. The summed E-state index contributed by atoms with van der Waals surface area (Å²) in [5.41, 5.74) is 2.25. The van der Waals surface area contributed by atoms with Gasteiger partial charge < -0.3 is 10.6 Å². The number of anilines is 1. The van der Waals surface area contributed by atoms with E-state index in [4.69, 9.17) is 0 Å². The average molecular weight is 334 g/mol. The standard InChI is InChI=1S/C21H22N2O2/c24-20(15-10-16-6-2-1-3-7-16)22-19-13-11-17(12-14-19)21(25)23-18-8-4-5-9-18/h1-3,6-7,10-15,18H,4-5,8-9H2,(H,22,24)(H,23,25)/b15-10+. The molecular formula is C21H22N2O2. The van der Waals surface area contributed by atoms with Crippen LogP contribution in [0.3, 0.4) is 0 Å². The van der Waals surface area contributed by atoms with Gasteiger partial charge in [0, 0.05) is 23.4 Å². The Balaban J connectivity index is 1.54. The average Bonchev–Trinajstić information content (AvgIpc) is 3.14. The number of rotatable bonds is 5. The lowest BCUT2D eigenvalue weighted by molar-refractivity contribution is -0.111. The number of nitrogens with one attached hydrogen (secondary N) is 2. The molecule has 2 amide bonds. The molecule has 1 aliphatic rings. The van der Waals surface area contributed by atoms with Crippen LogP contribution in [0.1, 0.15) is 41.6 Å². The van der Waals surface area contributed by atoms with Crippen LogP contribution in [0.4, 0.5) is 5.69 Å². The van der Waals surface area contributed by atoms with Crippen LogP contribution < -0.4 is 10.6 Å². The second-order valence-corrected chi connectivity index (χ2v) is 6.27. The van der Waals surface area contributed by atoms with Crippen LogP contribution in [0.15, 0.2) is 60.7 Å². The predicted octanol–water partition coefficient (Wildman–Crippen LogP) is 4.01. The summed E-state index contributed by atoms with van der Waals surface area (Å²) in [6, 6.07) is 16.9. The molecule has 2 aromatic rings. The van der Waals surface area contributed by atoms with Crippen molar-refractivity contribution in [3.8, 4) is 0 Å². The van der Waals surface area contributed by atoms with E-state index in [0.29, 0.717) is 17.3 Å². The predicted molar refractivity (Wildman–Crippen MR) is 100 cm³/mol. The number of amides is 2. The van der Waals surface area contributed by atoms with Crippen LogP contribution in [0.25, 0.3) is 6.08 Å². The second-order valence-electron chi connectivity index (χ2n) is 6.27. The normalized spacial score (nSPS) is 14.6. The van der Waals surface area contributed by atoms with Gasteiger partial charge in [0.1, 0.15) is 0 Å². The maximum Gasteiger partial charge on any atom is 0.251 e. The van der Waals surface area contributed by atoms with Crippen molar-refractivity contribution in [3.63, 3.8) is 0 Å². The summed E-state index contributed by atoms with van der Waals surface area (Å²) in [4.78, 5) is 24.1. The molecule has 128 valence electrons. The molecule has 0 spiro atoms. The molecule has 4 heteroatoms. The van der Waals surface area contributed by atoms with Crippen LogP contribution in [0, 0.1) is 0 Å². The highest BCUT2D eigenvalue weighted by Crippen LogP contribution is 2.18. The molecule has 4 nitrogen and oxygen atoms in total. The van der Waals surface area contributed by atoms with E-state index >= 15 is 0 Å². The molecule has 1 fully saturated rings. The molecule has 1 aliphatic carbocycles. The zero-order chi connectivity index (χ0) is 17.5. The van der Waals surface area contributed by atoms with Gasteiger partial charge in [-0.3, -0.25) is 9.59 Å². The Morgan fingerprint density at radius 1 is 0.920 bits per heavy atom. The fourth-order valence-electron chi connectivity index (χ4n) is 2.96. The third-order valence-electron chi connectivity index (χ3n) is 4.33. The first kappa shape index (κ1) is 17.0. The molecule has 0 bridgehead atoms. The quantitative estimate of drug-likeness (QED) is 0.812. The molecule has 2 aromatic carbocycles. The molecule has 0 aromatic heterocycles. The lowest BCUT2D eigenvalue weighted by Gasteiger charge is -2.12. The van der Waals surface area contributed by atoms with E-state index in [-0.39, 0.29) is 11.8 Å². The summed E-state index contributed by atoms with van der Waals surface area (Å²) in [6.07, 6.45) is 7.76. The number of carbonyl (C=O) groups is 2. The third kappa shape index (κ3) is 5.05. The van der Waals surface area contributed by atoms with Crippen LogP contribution in [0.5, 0.6) is 0 Å². The van der Waals surface area contributed by atoms with Crippen LogP contribution >= 0.6 is 0 Å². The van der Waals surface area contributed by atoms with E-state index in [1.807, 2.05) is 30.3 Å². The van der Waals surface area contributed by atoms with Crippen molar-refractivity contribution in [1.82, 2.24) is 5.32 Å². The Bertz CT molecular complexity index is 745. The van der Waals surface area contributed by atoms with Gasteiger partial charge in [-0.1, -0.05) is 43.2 Å². The molecule has 0 aliphatic heterocycles. The van der Waals surface area contributed by atoms with Crippen molar-refractivity contribution in [3.05, 3.63) is 71.8 Å². The van der Waals surface area contributed by atoms with Crippen LogP contribution in [0.2, 0.25) is 0 Å². The van der Waals surface area contributed by atoms with Gasteiger partial charge in [0.05, 0.1) is 0 Å². The summed E-state index contributed by atoms with van der Waals surface area (Å²) in [5.74, 6) is -0.249. The zero-order valence-electron chi connectivity index (χ0n) is 14.1. The molecule has 0 saturated heterocycles. The van der Waals surface area contributed by atoms with Gasteiger partial charge in [0.2, 0.25) is 5.91 Å². The highest BCUT2D eigenvalue weighted by atomic mass is 16.2. The first-order valence-corrected chi connectivity index (χ1v) is 8.66. The maximum atomic E-state index is 12.2. The summed E-state index contributed by atoms with van der Waals surface area (Å²) < 4.78 is 0. The zero-order valence-corrected chi connectivity index (χ0v) is 14.1. The highest BCUT2D eigenvalue weighted by Gasteiger charge is 2.17. The Labute approximate surface area is 148 Å². The number of hydrogen-bond donors (Lipinski definition) is 2. The smallest absolute Gasteiger partial charge is 0.251 e. The molecule has 0 radical (unpaired) electrons. The Morgan fingerprint density at radius 3 is 2.28 bits per heavy atom. The number of carbonyl (C=O) groups excluding carboxylic acids is 2. The Hall–Kier alpha value is -2.88. The van der Waals surface area contributed by atoms with Crippen molar-refractivity contribution in [2.75, 3.05) is 5.32 Å². The van der Waals surface area contributed by atoms with Gasteiger partial charge in [-0.15, -0.1) is 0 Å². The fraction of sp³-hybridized carbons (Fsp3) is 0.238. The molecule has 1 saturated carbocycles. The van der Waals surface area contributed by atoms with E-state index in [0.717, 1.165) is 18.4 Å². The lowest BCUT2D eigenvalue weighted by Crippen LogP contribution is -2.32. The Kier molecular flexibility index (Phi) is 5.62. The SMILES string of the molecule is O=C(/C=C/c1ccccc1)Nc1ccc(C(=O)NC2CCCC2)cc1. The van der Waals surface area contributed by atoms with Crippen LogP contribution in [-0.4, -0.2) is 17.9 Å². The molecule has 0 heterocycles. The maximum absolute atomic E-state index is 12.2. The van der Waals surface area contributed by atoms with Gasteiger partial charge in [0.25, 0.3) is 5.91 Å². The molecule has 25 heavy (non-hydrogen) atoms. The molecule has 0 unspecified atom stereocenters. The summed E-state index contributed by atoms with van der Waals surface area (Å²) in [6.45, 7) is 0. The lowest BCUT2D eigenvalue weighted by atomic mass is 10.1. The van der Waals surface area contributed by atoms with Gasteiger partial charge in [-0.2, -0.15) is 0 Å². The largest absolute Gasteiger partial charge is 0.349 e. The minimum absolute atomic E-state index is 0.0475. The van der Waals surface area contributed by atoms with Crippen LogP contribution in [-0.2, 0) is 4.79 Å². The van der Waals surface area contributed by atoms with E-state index in [1.54, 1.807) is 30.3 Å². The van der Waals surface area contributed by atoms with Crippen molar-refractivity contribution >= 4 is 23.6 Å². The fourth-order valence-corrected chi connectivity index (χ4v) is 2.96. The first-order chi connectivity index (χ1) is 12.2. The topological polar surface area (TPSA) is 58.2 Å². The van der Waals surface area contributed by atoms with Gasteiger partial charge in [-0.05, 0) is 48.7 Å². The number of hydrogen-bond acceptors (Lipinski definition) is 2. The summed E-state index contributed by atoms with van der Waals surface area (Å²) in [5, 5.41) is 5.85.